The van der Waals surface area contributed by atoms with Crippen LogP contribution in [0.15, 0.2) is 59.1 Å². The number of benzene rings is 2. The van der Waals surface area contributed by atoms with Crippen LogP contribution in [0.1, 0.15) is 27.2 Å². The molecular formula is C21H14BrCl2NO3S. The minimum atomic E-state index is -1.96. The van der Waals surface area contributed by atoms with Crippen LogP contribution in [0.3, 0.4) is 0 Å². The lowest BCUT2D eigenvalue weighted by atomic mass is 9.89. The first-order valence-corrected chi connectivity index (χ1v) is 11.0. The molecular weight excluding hydrogens is 497 g/mol. The number of halogens is 3. The van der Waals surface area contributed by atoms with Crippen LogP contribution in [0.5, 0.6) is 0 Å². The Labute approximate surface area is 189 Å². The quantitative estimate of drug-likeness (QED) is 0.439. The van der Waals surface area contributed by atoms with Crippen LogP contribution in [-0.4, -0.2) is 16.8 Å². The summed E-state index contributed by atoms with van der Waals surface area (Å²) in [5.74, 6) is -0.898. The predicted molar refractivity (Wildman–Crippen MR) is 119 cm³/mol. The van der Waals surface area contributed by atoms with E-state index in [-0.39, 0.29) is 18.7 Å². The maximum absolute atomic E-state index is 13.3. The molecule has 0 radical (unpaired) electrons. The first kappa shape index (κ1) is 20.6. The molecule has 0 saturated carbocycles. The monoisotopic (exact) mass is 509 g/mol. The molecule has 148 valence electrons. The third-order valence-electron chi connectivity index (χ3n) is 4.84. The number of carbonyl (C=O) groups is 2. The molecule has 1 aliphatic rings. The van der Waals surface area contributed by atoms with Gasteiger partial charge in [-0.3, -0.25) is 9.59 Å². The maximum Gasteiger partial charge on any atom is 0.264 e. The van der Waals surface area contributed by atoms with Crippen LogP contribution in [0.4, 0.5) is 5.69 Å². The average molecular weight is 511 g/mol. The van der Waals surface area contributed by atoms with Crippen molar-refractivity contribution in [3.8, 4) is 0 Å². The van der Waals surface area contributed by atoms with Gasteiger partial charge < -0.3 is 10.0 Å². The highest BCUT2D eigenvalue weighted by atomic mass is 79.9. The van der Waals surface area contributed by atoms with Gasteiger partial charge in [-0.05, 0) is 42.0 Å². The fourth-order valence-electron chi connectivity index (χ4n) is 3.43. The molecule has 0 bridgehead atoms. The minimum absolute atomic E-state index is 0.189. The summed E-state index contributed by atoms with van der Waals surface area (Å²) in [6.07, 6.45) is -0.370. The Morgan fingerprint density at radius 2 is 1.90 bits per heavy atom. The van der Waals surface area contributed by atoms with Crippen LogP contribution < -0.4 is 4.90 Å². The van der Waals surface area contributed by atoms with Gasteiger partial charge in [0.05, 0.1) is 27.9 Å². The van der Waals surface area contributed by atoms with Crippen LogP contribution in [0.2, 0.25) is 9.36 Å². The van der Waals surface area contributed by atoms with Crippen LogP contribution in [-0.2, 0) is 16.9 Å². The van der Waals surface area contributed by atoms with E-state index in [2.05, 4.69) is 15.9 Å². The van der Waals surface area contributed by atoms with Crippen molar-refractivity contribution in [3.05, 3.63) is 84.4 Å². The van der Waals surface area contributed by atoms with Gasteiger partial charge in [-0.1, -0.05) is 57.3 Å². The van der Waals surface area contributed by atoms with E-state index in [0.29, 0.717) is 30.0 Å². The Morgan fingerprint density at radius 3 is 2.59 bits per heavy atom. The van der Waals surface area contributed by atoms with Gasteiger partial charge in [0.15, 0.2) is 11.4 Å². The summed E-state index contributed by atoms with van der Waals surface area (Å²) in [5.41, 5.74) is -0.275. The topological polar surface area (TPSA) is 57.6 Å². The highest BCUT2D eigenvalue weighted by Gasteiger charge is 2.51. The fraction of sp³-hybridized carbons (Fsp3) is 0.143. The summed E-state index contributed by atoms with van der Waals surface area (Å²) in [5, 5.41) is 11.9. The lowest BCUT2D eigenvalue weighted by molar-refractivity contribution is -0.136. The summed E-state index contributed by atoms with van der Waals surface area (Å²) in [6, 6.07) is 15.6. The Kier molecular flexibility index (Phi) is 5.57. The Hall–Kier alpha value is -1.70. The van der Waals surface area contributed by atoms with E-state index in [0.717, 1.165) is 16.9 Å². The molecule has 8 heteroatoms. The summed E-state index contributed by atoms with van der Waals surface area (Å²) in [7, 11) is 0. The van der Waals surface area contributed by atoms with E-state index in [9.17, 15) is 14.7 Å². The summed E-state index contributed by atoms with van der Waals surface area (Å²) >= 11 is 16.7. The first-order valence-electron chi connectivity index (χ1n) is 8.66. The first-order chi connectivity index (χ1) is 13.8. The van der Waals surface area contributed by atoms with Crippen LogP contribution in [0, 0.1) is 0 Å². The number of nitrogens with zero attached hydrogens (tertiary/aromatic N) is 1. The van der Waals surface area contributed by atoms with Gasteiger partial charge in [-0.25, -0.2) is 0 Å². The number of ketones is 1. The van der Waals surface area contributed by atoms with Gasteiger partial charge >= 0.3 is 0 Å². The molecule has 1 N–H and O–H groups in total. The number of aliphatic hydroxyl groups is 1. The summed E-state index contributed by atoms with van der Waals surface area (Å²) in [6.45, 7) is 0.189. The number of anilines is 1. The smallest absolute Gasteiger partial charge is 0.264 e. The molecule has 1 aliphatic heterocycles. The Balaban J connectivity index is 1.73. The molecule has 0 spiro atoms. The molecule has 2 aromatic carbocycles. The van der Waals surface area contributed by atoms with Crippen molar-refractivity contribution < 1.29 is 14.7 Å². The van der Waals surface area contributed by atoms with Crippen LogP contribution >= 0.6 is 50.5 Å². The maximum atomic E-state index is 13.3. The predicted octanol–water partition coefficient (Wildman–Crippen LogP) is 5.82. The SMILES string of the molecule is O=C(CC1(O)C(=O)N(Cc2ccccc2Cl)c2ccc(Br)cc21)c1ccc(Cl)s1. The van der Waals surface area contributed by atoms with E-state index in [1.165, 1.54) is 4.90 Å². The van der Waals surface area contributed by atoms with E-state index in [1.807, 2.05) is 18.2 Å². The second-order valence-electron chi connectivity index (χ2n) is 6.71. The zero-order valence-corrected chi connectivity index (χ0v) is 18.8. The van der Waals surface area contributed by atoms with Crippen molar-refractivity contribution in [1.29, 1.82) is 0 Å². The Morgan fingerprint density at radius 1 is 1.14 bits per heavy atom. The van der Waals surface area contributed by atoms with Gasteiger partial charge in [-0.15, -0.1) is 11.3 Å². The zero-order valence-electron chi connectivity index (χ0n) is 14.9. The number of amides is 1. The normalized spacial score (nSPS) is 18.2. The van der Waals surface area contributed by atoms with Crippen LogP contribution in [0.25, 0.3) is 0 Å². The van der Waals surface area contributed by atoms with Crippen molar-refractivity contribution >= 4 is 67.8 Å². The van der Waals surface area contributed by atoms with Gasteiger partial charge in [0.1, 0.15) is 0 Å². The molecule has 0 aliphatic carbocycles. The van der Waals surface area contributed by atoms with E-state index >= 15 is 0 Å². The van der Waals surface area contributed by atoms with Crippen molar-refractivity contribution in [2.45, 2.75) is 18.6 Å². The Bertz CT molecular complexity index is 1130. The molecule has 3 aromatic rings. The van der Waals surface area contributed by atoms with Crippen molar-refractivity contribution in [2.24, 2.45) is 0 Å². The van der Waals surface area contributed by atoms with Crippen molar-refractivity contribution in [2.75, 3.05) is 4.90 Å². The lowest BCUT2D eigenvalue weighted by Gasteiger charge is -2.23. The molecule has 0 fully saturated rings. The molecule has 1 atom stereocenters. The van der Waals surface area contributed by atoms with Crippen molar-refractivity contribution in [1.82, 2.24) is 0 Å². The highest BCUT2D eigenvalue weighted by Crippen LogP contribution is 2.45. The van der Waals surface area contributed by atoms with E-state index < -0.39 is 11.5 Å². The van der Waals surface area contributed by atoms with E-state index in [4.69, 9.17) is 23.2 Å². The summed E-state index contributed by atoms with van der Waals surface area (Å²) < 4.78 is 1.18. The molecule has 2 heterocycles. The number of Topliss-reactive ketones (excluding diaryl/α,β-unsaturated/α-hetero) is 1. The average Bonchev–Trinajstić information content (AvgIpc) is 3.20. The standard InChI is InChI=1S/C21H14BrCl2NO3S/c22-13-5-6-16-14(9-13)21(28,10-17(26)18-7-8-19(24)29-18)20(27)25(16)11-12-3-1-2-4-15(12)23/h1-9,28H,10-11H2. The molecule has 4 nitrogen and oxygen atoms in total. The number of hydrogen-bond donors (Lipinski definition) is 1. The largest absolute Gasteiger partial charge is 0.375 e. The van der Waals surface area contributed by atoms with Gasteiger partial charge in [-0.2, -0.15) is 0 Å². The van der Waals surface area contributed by atoms with E-state index in [1.54, 1.807) is 36.4 Å². The number of hydrogen-bond acceptors (Lipinski definition) is 4. The third kappa shape index (κ3) is 3.76. The number of fused-ring (bicyclic) bond motifs is 1. The lowest BCUT2D eigenvalue weighted by Crippen LogP contribution is -2.41. The molecule has 1 unspecified atom stereocenters. The molecule has 0 saturated heterocycles. The molecule has 1 amide bonds. The third-order valence-corrected chi connectivity index (χ3v) is 6.98. The highest BCUT2D eigenvalue weighted by molar-refractivity contribution is 9.10. The minimum Gasteiger partial charge on any atom is -0.375 e. The molecule has 1 aromatic heterocycles. The fourth-order valence-corrected chi connectivity index (χ4v) is 4.97. The number of thiophene rings is 1. The van der Waals surface area contributed by atoms with Gasteiger partial charge in [0.25, 0.3) is 5.91 Å². The molecule has 4 rings (SSSR count). The summed E-state index contributed by atoms with van der Waals surface area (Å²) in [4.78, 5) is 28.0. The molecule has 29 heavy (non-hydrogen) atoms. The van der Waals surface area contributed by atoms with Gasteiger partial charge in [0.2, 0.25) is 0 Å². The second-order valence-corrected chi connectivity index (χ2v) is 9.75. The van der Waals surface area contributed by atoms with Gasteiger partial charge in [0, 0.05) is 15.1 Å². The second kappa shape index (κ2) is 7.85. The number of carbonyl (C=O) groups excluding carboxylic acids is 2. The number of rotatable bonds is 5. The zero-order chi connectivity index (χ0) is 20.8. The van der Waals surface area contributed by atoms with Crippen molar-refractivity contribution in [3.63, 3.8) is 0 Å².